The Bertz CT molecular complexity index is 578. The van der Waals surface area contributed by atoms with Crippen molar-refractivity contribution in [3.63, 3.8) is 0 Å². The molecule has 0 atom stereocenters. The average Bonchev–Trinajstić information content (AvgIpc) is 2.42. The first-order valence-corrected chi connectivity index (χ1v) is 6.91. The highest BCUT2D eigenvalue weighted by Crippen LogP contribution is 2.34. The van der Waals surface area contributed by atoms with Crippen molar-refractivity contribution in [2.75, 3.05) is 12.4 Å². The Hall–Kier alpha value is -1.04. The van der Waals surface area contributed by atoms with Crippen LogP contribution in [0.3, 0.4) is 0 Å². The lowest BCUT2D eigenvalue weighted by molar-refractivity contribution is 0.301. The lowest BCUT2D eigenvalue weighted by Crippen LogP contribution is -2.01. The molecule has 2 aromatic rings. The standard InChI is InChI=1S/C12H10BrCl2N3O/c1-16-12-5-17-7(4-18-12)6-19-11-3-9(14)8(13)2-10(11)15/h2-5H,6H2,1H3,(H,16,18). The predicted molar refractivity (Wildman–Crippen MR) is 80.1 cm³/mol. The number of rotatable bonds is 4. The fourth-order valence-corrected chi connectivity index (χ4v) is 2.17. The summed E-state index contributed by atoms with van der Waals surface area (Å²) in [4.78, 5) is 8.34. The van der Waals surface area contributed by atoms with Crippen molar-refractivity contribution in [2.45, 2.75) is 6.61 Å². The minimum atomic E-state index is 0.272. The largest absolute Gasteiger partial charge is 0.486 e. The average molecular weight is 363 g/mol. The van der Waals surface area contributed by atoms with Gasteiger partial charge in [0.1, 0.15) is 18.2 Å². The van der Waals surface area contributed by atoms with Gasteiger partial charge in [-0.05, 0) is 22.0 Å². The zero-order chi connectivity index (χ0) is 13.8. The van der Waals surface area contributed by atoms with Crippen LogP contribution in [-0.4, -0.2) is 17.0 Å². The number of ether oxygens (including phenoxy) is 1. The van der Waals surface area contributed by atoms with Crippen molar-refractivity contribution in [1.29, 1.82) is 0 Å². The van der Waals surface area contributed by atoms with Gasteiger partial charge in [0, 0.05) is 17.6 Å². The van der Waals surface area contributed by atoms with Gasteiger partial charge in [-0.1, -0.05) is 23.2 Å². The molecule has 0 bridgehead atoms. The topological polar surface area (TPSA) is 47.0 Å². The number of anilines is 1. The zero-order valence-electron chi connectivity index (χ0n) is 9.95. The highest BCUT2D eigenvalue weighted by Gasteiger charge is 2.07. The summed E-state index contributed by atoms with van der Waals surface area (Å²) >= 11 is 15.3. The van der Waals surface area contributed by atoms with Crippen LogP contribution in [0.5, 0.6) is 5.75 Å². The van der Waals surface area contributed by atoms with E-state index in [9.17, 15) is 0 Å². The van der Waals surface area contributed by atoms with E-state index >= 15 is 0 Å². The van der Waals surface area contributed by atoms with Crippen LogP contribution in [0.2, 0.25) is 10.0 Å². The van der Waals surface area contributed by atoms with E-state index in [1.807, 2.05) is 0 Å². The molecule has 1 N–H and O–H groups in total. The molecule has 0 aliphatic rings. The van der Waals surface area contributed by atoms with E-state index in [-0.39, 0.29) is 6.61 Å². The molecular formula is C12H10BrCl2N3O. The van der Waals surface area contributed by atoms with E-state index in [2.05, 4.69) is 31.2 Å². The second-order valence-corrected chi connectivity index (χ2v) is 5.30. The third-order valence-electron chi connectivity index (χ3n) is 2.31. The van der Waals surface area contributed by atoms with Gasteiger partial charge < -0.3 is 10.1 Å². The Morgan fingerprint density at radius 2 is 2.00 bits per heavy atom. The second kappa shape index (κ2) is 6.41. The third-order valence-corrected chi connectivity index (χ3v) is 3.80. The second-order valence-electron chi connectivity index (χ2n) is 3.63. The minimum Gasteiger partial charge on any atom is -0.486 e. The lowest BCUT2D eigenvalue weighted by Gasteiger charge is -2.09. The number of hydrogen-bond donors (Lipinski definition) is 1. The molecule has 19 heavy (non-hydrogen) atoms. The van der Waals surface area contributed by atoms with Gasteiger partial charge in [-0.15, -0.1) is 0 Å². The molecule has 0 aliphatic carbocycles. The van der Waals surface area contributed by atoms with Gasteiger partial charge >= 0.3 is 0 Å². The van der Waals surface area contributed by atoms with Crippen LogP contribution in [0.1, 0.15) is 5.69 Å². The molecule has 0 spiro atoms. The van der Waals surface area contributed by atoms with Crippen LogP contribution in [0.25, 0.3) is 0 Å². The monoisotopic (exact) mass is 361 g/mol. The fraction of sp³-hybridized carbons (Fsp3) is 0.167. The van der Waals surface area contributed by atoms with Crippen LogP contribution in [-0.2, 0) is 6.61 Å². The van der Waals surface area contributed by atoms with Crippen molar-refractivity contribution in [3.8, 4) is 5.75 Å². The van der Waals surface area contributed by atoms with Gasteiger partial charge in [-0.2, -0.15) is 0 Å². The smallest absolute Gasteiger partial charge is 0.144 e. The summed E-state index contributed by atoms with van der Waals surface area (Å²) in [5.41, 5.74) is 0.703. The van der Waals surface area contributed by atoms with Crippen molar-refractivity contribution >= 4 is 44.9 Å². The van der Waals surface area contributed by atoms with Crippen LogP contribution in [0.4, 0.5) is 5.82 Å². The predicted octanol–water partition coefficient (Wildman–Crippen LogP) is 4.17. The Morgan fingerprint density at radius 1 is 1.21 bits per heavy atom. The summed E-state index contributed by atoms with van der Waals surface area (Å²) in [7, 11) is 1.78. The zero-order valence-corrected chi connectivity index (χ0v) is 13.1. The van der Waals surface area contributed by atoms with E-state index in [0.717, 1.165) is 4.47 Å². The van der Waals surface area contributed by atoms with Crippen molar-refractivity contribution in [1.82, 2.24) is 9.97 Å². The van der Waals surface area contributed by atoms with E-state index in [4.69, 9.17) is 27.9 Å². The maximum Gasteiger partial charge on any atom is 0.144 e. The number of benzene rings is 1. The number of nitrogens with one attached hydrogen (secondary N) is 1. The Labute approximate surface area is 129 Å². The number of halogens is 3. The van der Waals surface area contributed by atoms with Gasteiger partial charge in [-0.25, -0.2) is 4.98 Å². The highest BCUT2D eigenvalue weighted by atomic mass is 79.9. The first-order chi connectivity index (χ1) is 9.10. The summed E-state index contributed by atoms with van der Waals surface area (Å²) in [5, 5.41) is 3.91. The maximum atomic E-state index is 6.06. The molecule has 0 fully saturated rings. The molecule has 4 nitrogen and oxygen atoms in total. The van der Waals surface area contributed by atoms with Gasteiger partial charge in [0.15, 0.2) is 0 Å². The molecule has 100 valence electrons. The summed E-state index contributed by atoms with van der Waals surface area (Å²) < 4.78 is 6.30. The summed E-state index contributed by atoms with van der Waals surface area (Å²) in [5.74, 6) is 1.21. The third kappa shape index (κ3) is 3.72. The molecule has 7 heteroatoms. The van der Waals surface area contributed by atoms with Crippen molar-refractivity contribution in [3.05, 3.63) is 44.7 Å². The van der Waals surface area contributed by atoms with Crippen LogP contribution >= 0.6 is 39.1 Å². The van der Waals surface area contributed by atoms with Gasteiger partial charge in [-0.3, -0.25) is 4.98 Å². The molecule has 2 rings (SSSR count). The fourth-order valence-electron chi connectivity index (χ4n) is 1.33. The van der Waals surface area contributed by atoms with Crippen LogP contribution in [0.15, 0.2) is 29.0 Å². The Kier molecular flexibility index (Phi) is 4.85. The SMILES string of the molecule is CNc1cnc(COc2cc(Cl)c(Br)cc2Cl)cn1. The van der Waals surface area contributed by atoms with Gasteiger partial charge in [0.2, 0.25) is 0 Å². The molecule has 1 aromatic heterocycles. The van der Waals surface area contributed by atoms with Crippen LogP contribution < -0.4 is 10.1 Å². The first-order valence-electron chi connectivity index (χ1n) is 5.36. The molecule has 0 amide bonds. The lowest BCUT2D eigenvalue weighted by atomic mass is 10.3. The van der Waals surface area contributed by atoms with Crippen molar-refractivity contribution in [2.24, 2.45) is 0 Å². The summed E-state index contributed by atoms with van der Waals surface area (Å²) in [6.45, 7) is 0.272. The molecule has 1 heterocycles. The van der Waals surface area contributed by atoms with E-state index in [0.29, 0.717) is 27.3 Å². The van der Waals surface area contributed by atoms with Gasteiger partial charge in [0.05, 0.1) is 28.1 Å². The Balaban J connectivity index is 2.07. The van der Waals surface area contributed by atoms with E-state index in [1.54, 1.807) is 31.6 Å². The normalized spacial score (nSPS) is 10.3. The molecular weight excluding hydrogens is 353 g/mol. The minimum absolute atomic E-state index is 0.272. The molecule has 0 saturated carbocycles. The molecule has 1 aromatic carbocycles. The van der Waals surface area contributed by atoms with E-state index in [1.165, 1.54) is 0 Å². The Morgan fingerprint density at radius 3 is 2.63 bits per heavy atom. The maximum absolute atomic E-state index is 6.06. The van der Waals surface area contributed by atoms with Crippen molar-refractivity contribution < 1.29 is 4.74 Å². The summed E-state index contributed by atoms with van der Waals surface area (Å²) in [6, 6.07) is 3.35. The number of nitrogens with zero attached hydrogens (tertiary/aromatic N) is 2. The highest BCUT2D eigenvalue weighted by molar-refractivity contribution is 9.10. The molecule has 0 aliphatic heterocycles. The first kappa shape index (κ1) is 14.4. The molecule has 0 radical (unpaired) electrons. The quantitative estimate of drug-likeness (QED) is 0.829. The summed E-state index contributed by atoms with van der Waals surface area (Å²) in [6.07, 6.45) is 3.27. The van der Waals surface area contributed by atoms with Gasteiger partial charge in [0.25, 0.3) is 0 Å². The number of aromatic nitrogens is 2. The van der Waals surface area contributed by atoms with Crippen LogP contribution in [0, 0.1) is 0 Å². The molecule has 0 unspecified atom stereocenters. The molecule has 0 saturated heterocycles. The van der Waals surface area contributed by atoms with E-state index < -0.39 is 0 Å². The number of hydrogen-bond acceptors (Lipinski definition) is 4.